The molecule has 0 aromatic rings. The molecule has 1 amide bonds. The third kappa shape index (κ3) is 6.39. The molecule has 0 aromatic heterocycles. The molecule has 0 aliphatic heterocycles. The molecule has 1 atom stereocenters. The van der Waals surface area contributed by atoms with Gasteiger partial charge >= 0.3 is 0 Å². The predicted molar refractivity (Wildman–Crippen MR) is 52.2 cm³/mol. The molecule has 0 aliphatic carbocycles. The van der Waals surface area contributed by atoms with Crippen LogP contribution in [-0.4, -0.2) is 25.0 Å². The normalized spacial score (nSPS) is 11.6. The van der Waals surface area contributed by atoms with Crippen molar-refractivity contribution >= 4 is 18.3 Å². The highest BCUT2D eigenvalue weighted by Gasteiger charge is 2.10. The number of amides is 1. The number of carbonyl (C=O) groups excluding carboxylic acids is 1. The number of nitrogens with one attached hydrogen (secondary N) is 1. The van der Waals surface area contributed by atoms with Crippen LogP contribution in [0, 0.1) is 0 Å². The van der Waals surface area contributed by atoms with Crippen LogP contribution in [0.1, 0.15) is 19.8 Å². The van der Waals surface area contributed by atoms with Gasteiger partial charge in [-0.1, -0.05) is 0 Å². The molecular weight excluding hydrogens is 178 g/mol. The largest absolute Gasteiger partial charge is 0.355 e. The van der Waals surface area contributed by atoms with Gasteiger partial charge in [0.2, 0.25) is 5.91 Å². The first-order chi connectivity index (χ1) is 5.22. The maximum absolute atomic E-state index is 11.0. The molecule has 5 heteroatoms. The van der Waals surface area contributed by atoms with Gasteiger partial charge in [-0.25, -0.2) is 0 Å². The Bertz CT molecular complexity index is 121. The highest BCUT2D eigenvalue weighted by Crippen LogP contribution is 1.91. The second-order valence-corrected chi connectivity index (χ2v) is 2.43. The highest BCUT2D eigenvalue weighted by atomic mass is 35.5. The Labute approximate surface area is 79.5 Å². The Hall–Kier alpha value is -0.320. The molecular formula is C7H18ClN3O. The van der Waals surface area contributed by atoms with E-state index in [1.807, 2.05) is 6.92 Å². The van der Waals surface area contributed by atoms with Gasteiger partial charge in [-0.3, -0.25) is 4.79 Å². The fourth-order valence-corrected chi connectivity index (χ4v) is 0.774. The van der Waals surface area contributed by atoms with E-state index in [1.165, 1.54) is 0 Å². The van der Waals surface area contributed by atoms with Crippen LogP contribution in [0.2, 0.25) is 0 Å². The molecule has 5 N–H and O–H groups in total. The SMILES string of the molecule is CCNC(=O)[C@@H](N)CCCN.Cl. The molecule has 4 nitrogen and oxygen atoms in total. The molecule has 0 fully saturated rings. The maximum atomic E-state index is 11.0. The summed E-state index contributed by atoms with van der Waals surface area (Å²) < 4.78 is 0. The third-order valence-electron chi connectivity index (χ3n) is 1.41. The van der Waals surface area contributed by atoms with Crippen LogP contribution in [0.3, 0.4) is 0 Å². The molecule has 0 spiro atoms. The molecule has 0 unspecified atom stereocenters. The number of nitrogens with two attached hydrogens (primary N) is 2. The van der Waals surface area contributed by atoms with Gasteiger partial charge < -0.3 is 16.8 Å². The van der Waals surface area contributed by atoms with Crippen molar-refractivity contribution in [2.75, 3.05) is 13.1 Å². The molecule has 0 saturated carbocycles. The van der Waals surface area contributed by atoms with Crippen molar-refractivity contribution in [3.63, 3.8) is 0 Å². The highest BCUT2D eigenvalue weighted by molar-refractivity contribution is 5.85. The summed E-state index contributed by atoms with van der Waals surface area (Å²) in [6, 6.07) is -0.390. The quantitative estimate of drug-likeness (QED) is 0.559. The molecule has 0 saturated heterocycles. The third-order valence-corrected chi connectivity index (χ3v) is 1.41. The van der Waals surface area contributed by atoms with Crippen molar-refractivity contribution in [2.45, 2.75) is 25.8 Å². The topological polar surface area (TPSA) is 81.1 Å². The van der Waals surface area contributed by atoms with Crippen LogP contribution in [0.15, 0.2) is 0 Å². The standard InChI is InChI=1S/C7H17N3O.ClH/c1-2-10-7(11)6(9)4-3-5-8;/h6H,2-5,8-9H2,1H3,(H,10,11);1H/t6-;/m0./s1. The summed E-state index contributed by atoms with van der Waals surface area (Å²) in [6.45, 7) is 3.09. The summed E-state index contributed by atoms with van der Waals surface area (Å²) >= 11 is 0. The first-order valence-electron chi connectivity index (χ1n) is 3.95. The van der Waals surface area contributed by atoms with E-state index in [2.05, 4.69) is 5.32 Å². The number of likely N-dealkylation sites (N-methyl/N-ethyl adjacent to an activating group) is 1. The zero-order chi connectivity index (χ0) is 8.69. The van der Waals surface area contributed by atoms with Gasteiger partial charge in [0.15, 0.2) is 0 Å². The van der Waals surface area contributed by atoms with Crippen LogP contribution in [0.25, 0.3) is 0 Å². The van der Waals surface area contributed by atoms with Crippen molar-refractivity contribution in [3.05, 3.63) is 0 Å². The van der Waals surface area contributed by atoms with Crippen LogP contribution >= 0.6 is 12.4 Å². The van der Waals surface area contributed by atoms with E-state index in [1.54, 1.807) is 0 Å². The van der Waals surface area contributed by atoms with Gasteiger partial charge in [-0.2, -0.15) is 0 Å². The first-order valence-corrected chi connectivity index (χ1v) is 3.95. The lowest BCUT2D eigenvalue weighted by atomic mass is 10.1. The monoisotopic (exact) mass is 195 g/mol. The fourth-order valence-electron chi connectivity index (χ4n) is 0.774. The summed E-state index contributed by atoms with van der Waals surface area (Å²) in [5.41, 5.74) is 10.8. The lowest BCUT2D eigenvalue weighted by Gasteiger charge is -2.09. The summed E-state index contributed by atoms with van der Waals surface area (Å²) in [4.78, 5) is 11.0. The van der Waals surface area contributed by atoms with Crippen molar-refractivity contribution in [1.29, 1.82) is 0 Å². The molecule has 0 bridgehead atoms. The molecule has 0 aromatic carbocycles. The minimum atomic E-state index is -0.390. The molecule has 74 valence electrons. The number of rotatable bonds is 5. The summed E-state index contributed by atoms with van der Waals surface area (Å²) in [5.74, 6) is -0.0825. The lowest BCUT2D eigenvalue weighted by Crippen LogP contribution is -2.40. The Kier molecular flexibility index (Phi) is 10.4. The van der Waals surface area contributed by atoms with Crippen LogP contribution in [0.4, 0.5) is 0 Å². The Balaban J connectivity index is 0. The lowest BCUT2D eigenvalue weighted by molar-refractivity contribution is -0.122. The number of hydrogen-bond acceptors (Lipinski definition) is 3. The van der Waals surface area contributed by atoms with E-state index in [4.69, 9.17) is 11.5 Å². The average Bonchev–Trinajstić information content (AvgIpc) is 2.00. The minimum absolute atomic E-state index is 0. The van der Waals surface area contributed by atoms with Crippen LogP contribution < -0.4 is 16.8 Å². The Morgan fingerprint density at radius 3 is 2.58 bits per heavy atom. The predicted octanol–water partition coefficient (Wildman–Crippen LogP) is -0.389. The van der Waals surface area contributed by atoms with Crippen molar-refractivity contribution in [2.24, 2.45) is 11.5 Å². The zero-order valence-electron chi connectivity index (χ0n) is 7.38. The maximum Gasteiger partial charge on any atom is 0.236 e. The zero-order valence-corrected chi connectivity index (χ0v) is 8.19. The minimum Gasteiger partial charge on any atom is -0.355 e. The average molecular weight is 196 g/mol. The molecule has 0 rings (SSSR count). The second kappa shape index (κ2) is 8.77. The number of carbonyl (C=O) groups is 1. The smallest absolute Gasteiger partial charge is 0.236 e. The van der Waals surface area contributed by atoms with E-state index in [0.717, 1.165) is 6.42 Å². The van der Waals surface area contributed by atoms with Crippen molar-refractivity contribution in [1.82, 2.24) is 5.32 Å². The summed E-state index contributed by atoms with van der Waals surface area (Å²) in [6.07, 6.45) is 1.47. The molecule has 12 heavy (non-hydrogen) atoms. The van der Waals surface area contributed by atoms with Crippen LogP contribution in [0.5, 0.6) is 0 Å². The van der Waals surface area contributed by atoms with Gasteiger partial charge in [0.1, 0.15) is 0 Å². The van der Waals surface area contributed by atoms with E-state index in [-0.39, 0.29) is 18.3 Å². The number of hydrogen-bond donors (Lipinski definition) is 3. The molecule has 0 heterocycles. The van der Waals surface area contributed by atoms with E-state index >= 15 is 0 Å². The number of halogens is 1. The van der Waals surface area contributed by atoms with Gasteiger partial charge in [-0.05, 0) is 26.3 Å². The Morgan fingerprint density at radius 2 is 2.17 bits per heavy atom. The Morgan fingerprint density at radius 1 is 1.58 bits per heavy atom. The second-order valence-electron chi connectivity index (χ2n) is 2.43. The summed E-state index contributed by atoms with van der Waals surface area (Å²) in [5, 5.41) is 2.65. The van der Waals surface area contributed by atoms with Gasteiger partial charge in [0.05, 0.1) is 6.04 Å². The first kappa shape index (κ1) is 14.2. The summed E-state index contributed by atoms with van der Waals surface area (Å²) in [7, 11) is 0. The van der Waals surface area contributed by atoms with Crippen LogP contribution in [-0.2, 0) is 4.79 Å². The molecule has 0 radical (unpaired) electrons. The van der Waals surface area contributed by atoms with E-state index < -0.39 is 6.04 Å². The van der Waals surface area contributed by atoms with Crippen molar-refractivity contribution in [3.8, 4) is 0 Å². The fraction of sp³-hybridized carbons (Fsp3) is 0.857. The van der Waals surface area contributed by atoms with E-state index in [9.17, 15) is 4.79 Å². The van der Waals surface area contributed by atoms with Crippen molar-refractivity contribution < 1.29 is 4.79 Å². The van der Waals surface area contributed by atoms with Gasteiger partial charge in [0, 0.05) is 6.54 Å². The van der Waals surface area contributed by atoms with E-state index in [0.29, 0.717) is 19.5 Å². The van der Waals surface area contributed by atoms with Gasteiger partial charge in [0.25, 0.3) is 0 Å². The van der Waals surface area contributed by atoms with Gasteiger partial charge in [-0.15, -0.1) is 12.4 Å². The molecule has 0 aliphatic rings.